The molecule has 0 radical (unpaired) electrons. The van der Waals surface area contributed by atoms with E-state index >= 15 is 0 Å². The molecule has 1 aromatic rings. The van der Waals surface area contributed by atoms with Gasteiger partial charge in [-0.25, -0.2) is 4.79 Å². The molecule has 0 aliphatic carbocycles. The van der Waals surface area contributed by atoms with Crippen molar-refractivity contribution in [2.45, 2.75) is 25.3 Å². The van der Waals surface area contributed by atoms with E-state index in [0.717, 1.165) is 30.9 Å². The van der Waals surface area contributed by atoms with Gasteiger partial charge in [0.1, 0.15) is 5.75 Å². The fourth-order valence-electron chi connectivity index (χ4n) is 2.60. The standard InChI is InChI=1S/C16H23N3O4/c1-23-14-5-2-4-13(10-14)19-9-7-12(11-19)18-16(22)17-8-3-6-15(20)21/h2,4-5,10,12H,3,6-9,11H2,1H3,(H,20,21)(H2,17,18,22). The summed E-state index contributed by atoms with van der Waals surface area (Å²) >= 11 is 0. The summed E-state index contributed by atoms with van der Waals surface area (Å²) < 4.78 is 5.23. The van der Waals surface area contributed by atoms with Crippen molar-refractivity contribution in [1.82, 2.24) is 10.6 Å². The van der Waals surface area contributed by atoms with Gasteiger partial charge in [0.05, 0.1) is 7.11 Å². The van der Waals surface area contributed by atoms with Crippen LogP contribution in [0.4, 0.5) is 10.5 Å². The molecule has 0 aromatic heterocycles. The topological polar surface area (TPSA) is 90.9 Å². The molecule has 2 rings (SSSR count). The average Bonchev–Trinajstić information content (AvgIpc) is 3.00. The number of methoxy groups -OCH3 is 1. The second-order valence-corrected chi connectivity index (χ2v) is 5.53. The lowest BCUT2D eigenvalue weighted by Crippen LogP contribution is -2.43. The summed E-state index contributed by atoms with van der Waals surface area (Å²) in [5.41, 5.74) is 1.08. The molecular weight excluding hydrogens is 298 g/mol. The molecule has 1 heterocycles. The minimum absolute atomic E-state index is 0.0628. The Hall–Kier alpha value is -2.44. The Morgan fingerprint density at radius 2 is 2.26 bits per heavy atom. The zero-order valence-electron chi connectivity index (χ0n) is 13.2. The maximum absolute atomic E-state index is 11.8. The molecule has 1 atom stereocenters. The van der Waals surface area contributed by atoms with Gasteiger partial charge in [0.2, 0.25) is 0 Å². The van der Waals surface area contributed by atoms with Crippen LogP contribution in [0.25, 0.3) is 0 Å². The lowest BCUT2D eigenvalue weighted by atomic mass is 10.2. The molecular formula is C16H23N3O4. The van der Waals surface area contributed by atoms with Crippen LogP contribution in [-0.4, -0.2) is 49.9 Å². The average molecular weight is 321 g/mol. The number of hydrogen-bond acceptors (Lipinski definition) is 4. The highest BCUT2D eigenvalue weighted by atomic mass is 16.5. The molecule has 126 valence electrons. The zero-order chi connectivity index (χ0) is 16.7. The Balaban J connectivity index is 1.74. The first-order valence-corrected chi connectivity index (χ1v) is 7.73. The quantitative estimate of drug-likeness (QED) is 0.661. The molecule has 7 heteroatoms. The van der Waals surface area contributed by atoms with Gasteiger partial charge in [-0.2, -0.15) is 0 Å². The van der Waals surface area contributed by atoms with Gasteiger partial charge >= 0.3 is 12.0 Å². The third-order valence-electron chi connectivity index (χ3n) is 3.79. The number of hydrogen-bond donors (Lipinski definition) is 3. The number of anilines is 1. The summed E-state index contributed by atoms with van der Waals surface area (Å²) in [6, 6.07) is 7.70. The molecule has 1 unspecified atom stereocenters. The van der Waals surface area contributed by atoms with E-state index in [-0.39, 0.29) is 18.5 Å². The van der Waals surface area contributed by atoms with Crippen molar-refractivity contribution in [2.75, 3.05) is 31.6 Å². The number of benzene rings is 1. The highest BCUT2D eigenvalue weighted by Gasteiger charge is 2.24. The molecule has 23 heavy (non-hydrogen) atoms. The largest absolute Gasteiger partial charge is 0.497 e. The minimum Gasteiger partial charge on any atom is -0.497 e. The molecule has 1 fully saturated rings. The summed E-state index contributed by atoms with van der Waals surface area (Å²) in [6.07, 6.45) is 1.37. The first-order valence-electron chi connectivity index (χ1n) is 7.73. The predicted octanol–water partition coefficient (Wildman–Crippen LogP) is 1.44. The third-order valence-corrected chi connectivity index (χ3v) is 3.79. The van der Waals surface area contributed by atoms with E-state index in [1.807, 2.05) is 24.3 Å². The zero-order valence-corrected chi connectivity index (χ0v) is 13.2. The van der Waals surface area contributed by atoms with Gasteiger partial charge in [-0.05, 0) is 25.0 Å². The van der Waals surface area contributed by atoms with Gasteiger partial charge in [-0.3, -0.25) is 4.79 Å². The second-order valence-electron chi connectivity index (χ2n) is 5.53. The highest BCUT2D eigenvalue weighted by molar-refractivity contribution is 5.74. The smallest absolute Gasteiger partial charge is 0.315 e. The maximum Gasteiger partial charge on any atom is 0.315 e. The Labute approximate surface area is 135 Å². The number of amides is 2. The fourth-order valence-corrected chi connectivity index (χ4v) is 2.60. The van der Waals surface area contributed by atoms with Crippen molar-refractivity contribution >= 4 is 17.7 Å². The van der Waals surface area contributed by atoms with Crippen molar-refractivity contribution in [3.05, 3.63) is 24.3 Å². The van der Waals surface area contributed by atoms with Gasteiger partial charge in [0.25, 0.3) is 0 Å². The number of carboxylic acid groups (broad SMARTS) is 1. The molecule has 0 saturated carbocycles. The van der Waals surface area contributed by atoms with Crippen LogP contribution in [0.1, 0.15) is 19.3 Å². The SMILES string of the molecule is COc1cccc(N2CCC(NC(=O)NCCCC(=O)O)C2)c1. The van der Waals surface area contributed by atoms with E-state index in [9.17, 15) is 9.59 Å². The highest BCUT2D eigenvalue weighted by Crippen LogP contribution is 2.24. The first kappa shape index (κ1) is 16.9. The fraction of sp³-hybridized carbons (Fsp3) is 0.500. The van der Waals surface area contributed by atoms with Crippen LogP contribution >= 0.6 is 0 Å². The monoisotopic (exact) mass is 321 g/mol. The van der Waals surface area contributed by atoms with Crippen LogP contribution in [0.15, 0.2) is 24.3 Å². The van der Waals surface area contributed by atoms with Crippen LogP contribution in [0.5, 0.6) is 5.75 Å². The van der Waals surface area contributed by atoms with Crippen molar-refractivity contribution in [3.8, 4) is 5.75 Å². The number of aliphatic carboxylic acids is 1. The van der Waals surface area contributed by atoms with E-state index in [0.29, 0.717) is 13.0 Å². The van der Waals surface area contributed by atoms with E-state index in [4.69, 9.17) is 9.84 Å². The van der Waals surface area contributed by atoms with Gasteiger partial charge in [0, 0.05) is 43.9 Å². The number of carbonyl (C=O) groups is 2. The second kappa shape index (κ2) is 8.26. The van der Waals surface area contributed by atoms with Gasteiger partial charge in [0.15, 0.2) is 0 Å². The number of carboxylic acids is 1. The van der Waals surface area contributed by atoms with Crippen LogP contribution in [-0.2, 0) is 4.79 Å². The number of nitrogens with zero attached hydrogens (tertiary/aromatic N) is 1. The van der Waals surface area contributed by atoms with Gasteiger partial charge in [-0.1, -0.05) is 6.07 Å². The van der Waals surface area contributed by atoms with Crippen molar-refractivity contribution in [1.29, 1.82) is 0 Å². The maximum atomic E-state index is 11.8. The Kier molecular flexibility index (Phi) is 6.08. The molecule has 7 nitrogen and oxygen atoms in total. The normalized spacial score (nSPS) is 16.9. The lowest BCUT2D eigenvalue weighted by Gasteiger charge is -2.19. The Morgan fingerprint density at radius 3 is 3.00 bits per heavy atom. The number of nitrogens with one attached hydrogen (secondary N) is 2. The molecule has 1 aliphatic rings. The van der Waals surface area contributed by atoms with Crippen LogP contribution < -0.4 is 20.3 Å². The molecule has 0 spiro atoms. The summed E-state index contributed by atoms with van der Waals surface area (Å²) in [5, 5.41) is 14.2. The predicted molar refractivity (Wildman–Crippen MR) is 87.0 cm³/mol. The molecule has 1 aromatic carbocycles. The minimum atomic E-state index is -0.850. The number of carbonyl (C=O) groups excluding carboxylic acids is 1. The van der Waals surface area contributed by atoms with Crippen LogP contribution in [0, 0.1) is 0 Å². The molecule has 1 saturated heterocycles. The van der Waals surface area contributed by atoms with E-state index in [1.165, 1.54) is 0 Å². The summed E-state index contributed by atoms with van der Waals surface area (Å²) in [7, 11) is 1.64. The third kappa shape index (κ3) is 5.36. The first-order chi connectivity index (χ1) is 11.1. The van der Waals surface area contributed by atoms with Crippen LogP contribution in [0.2, 0.25) is 0 Å². The van der Waals surface area contributed by atoms with E-state index in [1.54, 1.807) is 7.11 Å². The molecule has 3 N–H and O–H groups in total. The molecule has 0 bridgehead atoms. The van der Waals surface area contributed by atoms with Gasteiger partial charge < -0.3 is 25.4 Å². The lowest BCUT2D eigenvalue weighted by molar-refractivity contribution is -0.137. The molecule has 2 amide bonds. The van der Waals surface area contributed by atoms with Crippen LogP contribution in [0.3, 0.4) is 0 Å². The molecule has 1 aliphatic heterocycles. The summed E-state index contributed by atoms with van der Waals surface area (Å²) in [5.74, 6) is -0.0352. The van der Waals surface area contributed by atoms with E-state index in [2.05, 4.69) is 15.5 Å². The van der Waals surface area contributed by atoms with E-state index < -0.39 is 5.97 Å². The Bertz CT molecular complexity index is 550. The van der Waals surface area contributed by atoms with Crippen molar-refractivity contribution < 1.29 is 19.4 Å². The van der Waals surface area contributed by atoms with Crippen molar-refractivity contribution in [2.24, 2.45) is 0 Å². The number of urea groups is 1. The van der Waals surface area contributed by atoms with Crippen molar-refractivity contribution in [3.63, 3.8) is 0 Å². The summed E-state index contributed by atoms with van der Waals surface area (Å²) in [6.45, 7) is 1.98. The Morgan fingerprint density at radius 1 is 1.43 bits per heavy atom. The number of ether oxygens (including phenoxy) is 1. The van der Waals surface area contributed by atoms with Gasteiger partial charge in [-0.15, -0.1) is 0 Å². The number of rotatable bonds is 7. The summed E-state index contributed by atoms with van der Waals surface area (Å²) in [4.78, 5) is 24.4.